The Balaban J connectivity index is 1.48. The zero-order valence-electron chi connectivity index (χ0n) is 15.0. The Hall–Kier alpha value is -1.71. The lowest BCUT2D eigenvalue weighted by Crippen LogP contribution is -2.51. The van der Waals surface area contributed by atoms with Gasteiger partial charge in [0.25, 0.3) is 0 Å². The molecule has 1 saturated carbocycles. The number of nitrogens with one attached hydrogen (secondary N) is 1. The smallest absolute Gasteiger partial charge is 0.242 e. The van der Waals surface area contributed by atoms with E-state index in [9.17, 15) is 12.8 Å². The molecule has 1 aliphatic carbocycles. The highest BCUT2D eigenvalue weighted by Gasteiger charge is 2.46. The molecule has 146 valence electrons. The van der Waals surface area contributed by atoms with Crippen LogP contribution in [0.2, 0.25) is 0 Å². The van der Waals surface area contributed by atoms with Gasteiger partial charge in [0.1, 0.15) is 11.6 Å². The number of halogens is 1. The van der Waals surface area contributed by atoms with Crippen LogP contribution in [0.15, 0.2) is 29.7 Å². The van der Waals surface area contributed by atoms with Crippen molar-refractivity contribution in [2.45, 2.75) is 36.1 Å². The van der Waals surface area contributed by atoms with Crippen molar-refractivity contribution >= 4 is 21.2 Å². The number of alkyl halides is 1. The van der Waals surface area contributed by atoms with Crippen molar-refractivity contribution in [3.63, 3.8) is 0 Å². The van der Waals surface area contributed by atoms with Gasteiger partial charge >= 0.3 is 0 Å². The van der Waals surface area contributed by atoms with Gasteiger partial charge in [0, 0.05) is 24.7 Å². The second-order valence-electron chi connectivity index (χ2n) is 8.25. The summed E-state index contributed by atoms with van der Waals surface area (Å²) in [6.07, 6.45) is 8.05. The first kappa shape index (κ1) is 17.4. The van der Waals surface area contributed by atoms with Crippen LogP contribution in [0.5, 0.6) is 0 Å². The van der Waals surface area contributed by atoms with Crippen molar-refractivity contribution < 1.29 is 17.5 Å². The molecule has 3 aliphatic rings. The number of piperidine rings is 1. The zero-order valence-corrected chi connectivity index (χ0v) is 15.8. The fourth-order valence-electron chi connectivity index (χ4n) is 4.05. The van der Waals surface area contributed by atoms with Crippen LogP contribution >= 0.6 is 0 Å². The summed E-state index contributed by atoms with van der Waals surface area (Å²) in [5, 5.41) is 0. The molecule has 0 aromatic carbocycles. The highest BCUT2D eigenvalue weighted by atomic mass is 32.2. The quantitative estimate of drug-likeness (QED) is 0.836. The van der Waals surface area contributed by atoms with Crippen LogP contribution in [0, 0.1) is 5.41 Å². The first-order chi connectivity index (χ1) is 12.9. The van der Waals surface area contributed by atoms with Gasteiger partial charge in [0.15, 0.2) is 0 Å². The molecule has 2 aromatic heterocycles. The summed E-state index contributed by atoms with van der Waals surface area (Å²) in [5.41, 5.74) is 1.12. The summed E-state index contributed by atoms with van der Waals surface area (Å²) in [4.78, 5) is 6.55. The maximum Gasteiger partial charge on any atom is 0.242 e. The van der Waals surface area contributed by atoms with Gasteiger partial charge < -0.3 is 14.0 Å². The number of hydrogen-bond acceptors (Lipinski definition) is 5. The summed E-state index contributed by atoms with van der Waals surface area (Å²) in [5.74, 6) is 0. The predicted molar refractivity (Wildman–Crippen MR) is 98.2 cm³/mol. The average Bonchev–Trinajstić information content (AvgIpc) is 3.23. The van der Waals surface area contributed by atoms with Crippen molar-refractivity contribution in [3.8, 4) is 0 Å². The number of nitrogens with zero attached hydrogens (tertiary/aromatic N) is 3. The van der Waals surface area contributed by atoms with Gasteiger partial charge in [0.2, 0.25) is 10.0 Å². The van der Waals surface area contributed by atoms with E-state index in [1.807, 2.05) is 0 Å². The van der Waals surface area contributed by atoms with E-state index in [1.54, 1.807) is 29.2 Å². The second kappa shape index (κ2) is 5.89. The molecule has 0 amide bonds. The van der Waals surface area contributed by atoms with Crippen LogP contribution in [-0.4, -0.2) is 56.3 Å². The van der Waals surface area contributed by atoms with Crippen molar-refractivity contribution in [2.24, 2.45) is 5.41 Å². The molecular weight excluding hydrogens is 371 g/mol. The normalized spacial score (nSPS) is 23.5. The maximum absolute atomic E-state index is 13.2. The molecule has 4 heterocycles. The van der Waals surface area contributed by atoms with Crippen LogP contribution in [-0.2, 0) is 14.8 Å². The second-order valence-corrected chi connectivity index (χ2v) is 9.93. The summed E-state index contributed by atoms with van der Waals surface area (Å²) >= 11 is 0. The van der Waals surface area contributed by atoms with Crippen molar-refractivity contribution in [1.82, 2.24) is 14.1 Å². The van der Waals surface area contributed by atoms with Crippen LogP contribution < -0.4 is 9.62 Å². The lowest BCUT2D eigenvalue weighted by molar-refractivity contribution is -0.124. The number of imidazole rings is 1. The summed E-state index contributed by atoms with van der Waals surface area (Å²) in [6.45, 7) is 2.69. The Kier molecular flexibility index (Phi) is 3.80. The van der Waals surface area contributed by atoms with E-state index in [4.69, 9.17) is 4.74 Å². The number of fused-ring (bicyclic) bond motifs is 1. The Morgan fingerprint density at radius 3 is 2.56 bits per heavy atom. The minimum atomic E-state index is -3.80. The van der Waals surface area contributed by atoms with Crippen LogP contribution in [0.25, 0.3) is 5.52 Å². The molecule has 0 radical (unpaired) electrons. The van der Waals surface area contributed by atoms with Crippen molar-refractivity contribution in [2.75, 3.05) is 37.9 Å². The average molecular weight is 394 g/mol. The van der Waals surface area contributed by atoms with Gasteiger partial charge in [0.05, 0.1) is 42.5 Å². The molecule has 1 N–H and O–H groups in total. The van der Waals surface area contributed by atoms with Gasteiger partial charge in [-0.15, -0.1) is 0 Å². The first-order valence-corrected chi connectivity index (χ1v) is 10.8. The van der Waals surface area contributed by atoms with Crippen molar-refractivity contribution in [3.05, 3.63) is 24.8 Å². The third-order valence-electron chi connectivity index (χ3n) is 6.23. The molecular formula is C18H23FN4O3S. The lowest BCUT2D eigenvalue weighted by atomic mass is 9.77. The molecule has 27 heavy (non-hydrogen) atoms. The minimum absolute atomic E-state index is 0.148. The Labute approximate surface area is 157 Å². The van der Waals surface area contributed by atoms with E-state index in [0.717, 1.165) is 50.3 Å². The number of sulfonamides is 1. The number of aromatic nitrogens is 2. The molecule has 0 bridgehead atoms. The summed E-state index contributed by atoms with van der Waals surface area (Å²) in [6, 6.07) is 1.70. The van der Waals surface area contributed by atoms with Gasteiger partial charge in [-0.3, -0.25) is 0 Å². The number of anilines is 1. The summed E-state index contributed by atoms with van der Waals surface area (Å²) in [7, 11) is -3.80. The van der Waals surface area contributed by atoms with Crippen LogP contribution in [0.3, 0.4) is 0 Å². The van der Waals surface area contributed by atoms with E-state index in [0.29, 0.717) is 18.3 Å². The molecule has 0 atom stereocenters. The van der Waals surface area contributed by atoms with E-state index in [-0.39, 0.29) is 4.90 Å². The minimum Gasteiger partial charge on any atom is -0.380 e. The number of pyridine rings is 1. The van der Waals surface area contributed by atoms with E-state index < -0.39 is 22.2 Å². The predicted octanol–water partition coefficient (Wildman–Crippen LogP) is 1.73. The zero-order chi connectivity index (χ0) is 18.7. The molecule has 2 aliphatic heterocycles. The molecule has 2 aromatic rings. The number of hydrogen-bond donors (Lipinski definition) is 1. The van der Waals surface area contributed by atoms with Crippen LogP contribution in [0.1, 0.15) is 25.7 Å². The lowest BCUT2D eigenvalue weighted by Gasteiger charge is -2.47. The van der Waals surface area contributed by atoms with Gasteiger partial charge in [-0.05, 0) is 31.7 Å². The van der Waals surface area contributed by atoms with Crippen LogP contribution in [0.4, 0.5) is 10.1 Å². The number of rotatable bonds is 5. The topological polar surface area (TPSA) is 75.9 Å². The fraction of sp³-hybridized carbons (Fsp3) is 0.611. The Bertz CT molecular complexity index is 972. The standard InChI is InChI=1S/C18H23FN4O3S/c19-10-18(1-2-18)21-27(24,25)14-7-15(16-8-20-13-23(16)9-14)22-5-3-17(4-6-22)11-26-12-17/h7-9,13,21H,1-6,10-12H2. The van der Waals surface area contributed by atoms with Crippen molar-refractivity contribution in [1.29, 1.82) is 0 Å². The third kappa shape index (κ3) is 2.92. The molecule has 2 saturated heterocycles. The molecule has 1 spiro atoms. The van der Waals surface area contributed by atoms with Gasteiger partial charge in [-0.1, -0.05) is 0 Å². The van der Waals surface area contributed by atoms with E-state index in [1.165, 1.54) is 0 Å². The fourth-order valence-corrected chi connectivity index (χ4v) is 5.51. The Morgan fingerprint density at radius 1 is 1.22 bits per heavy atom. The van der Waals surface area contributed by atoms with Gasteiger partial charge in [-0.2, -0.15) is 0 Å². The highest BCUT2D eigenvalue weighted by Crippen LogP contribution is 2.41. The maximum atomic E-state index is 13.2. The monoisotopic (exact) mass is 394 g/mol. The highest BCUT2D eigenvalue weighted by molar-refractivity contribution is 7.89. The SMILES string of the molecule is O=S(=O)(NC1(CF)CC1)c1cc(N2CCC3(CC2)COC3)c2cncn2c1. The molecule has 7 nitrogen and oxygen atoms in total. The Morgan fingerprint density at radius 2 is 1.96 bits per heavy atom. The largest absolute Gasteiger partial charge is 0.380 e. The first-order valence-electron chi connectivity index (χ1n) is 9.33. The third-order valence-corrected chi connectivity index (χ3v) is 7.77. The molecule has 3 fully saturated rings. The number of ether oxygens (including phenoxy) is 1. The summed E-state index contributed by atoms with van der Waals surface area (Å²) < 4.78 is 48.6. The molecule has 0 unspecified atom stereocenters. The van der Waals surface area contributed by atoms with E-state index in [2.05, 4.69) is 14.6 Å². The molecule has 5 rings (SSSR count). The molecule has 9 heteroatoms. The van der Waals surface area contributed by atoms with Gasteiger partial charge in [-0.25, -0.2) is 22.5 Å². The van der Waals surface area contributed by atoms with E-state index >= 15 is 0 Å².